The predicted molar refractivity (Wildman–Crippen MR) is 133 cm³/mol. The second-order valence-electron chi connectivity index (χ2n) is 9.83. The SMILES string of the molecule is CC(CNC(=O)CC(NC(=O)OCC1c2ccccc2-c2ccccc21)C1CCCC1)CC(=O)O. The Morgan fingerprint density at radius 1 is 0.971 bits per heavy atom. The second-order valence-corrected chi connectivity index (χ2v) is 9.83. The molecule has 2 unspecified atom stereocenters. The van der Waals surface area contributed by atoms with E-state index < -0.39 is 12.1 Å². The van der Waals surface area contributed by atoms with Gasteiger partial charge in [0.15, 0.2) is 0 Å². The fourth-order valence-corrected chi connectivity index (χ4v) is 5.42. The van der Waals surface area contributed by atoms with Crippen molar-refractivity contribution in [2.24, 2.45) is 11.8 Å². The molecule has 0 heterocycles. The van der Waals surface area contributed by atoms with Gasteiger partial charge in [-0.15, -0.1) is 0 Å². The van der Waals surface area contributed by atoms with Gasteiger partial charge in [-0.25, -0.2) is 4.79 Å². The maximum Gasteiger partial charge on any atom is 0.407 e. The summed E-state index contributed by atoms with van der Waals surface area (Å²) in [5.41, 5.74) is 4.66. The third-order valence-corrected chi connectivity index (χ3v) is 7.19. The minimum atomic E-state index is -0.882. The highest BCUT2D eigenvalue weighted by molar-refractivity contribution is 5.79. The van der Waals surface area contributed by atoms with Crippen molar-refractivity contribution in [2.45, 2.75) is 57.4 Å². The van der Waals surface area contributed by atoms with Gasteiger partial charge in [-0.05, 0) is 46.9 Å². The summed E-state index contributed by atoms with van der Waals surface area (Å²) in [6, 6.07) is 16.1. The molecular formula is C28H34N2O5. The van der Waals surface area contributed by atoms with E-state index in [4.69, 9.17) is 9.84 Å². The Labute approximate surface area is 206 Å². The Bertz CT molecular complexity index is 1020. The van der Waals surface area contributed by atoms with E-state index in [2.05, 4.69) is 34.9 Å². The van der Waals surface area contributed by atoms with Crippen LogP contribution in [0.4, 0.5) is 4.79 Å². The summed E-state index contributed by atoms with van der Waals surface area (Å²) in [5.74, 6) is -1.00. The predicted octanol–water partition coefficient (Wildman–Crippen LogP) is 4.70. The lowest BCUT2D eigenvalue weighted by molar-refractivity contribution is -0.138. The molecule has 7 heteroatoms. The fraction of sp³-hybridized carbons (Fsp3) is 0.464. The molecule has 4 rings (SSSR count). The standard InChI is InChI=1S/C28H34N2O5/c1-18(14-27(32)33)16-29-26(31)15-25(19-8-2-3-9-19)30-28(34)35-17-24-22-12-6-4-10-20(22)21-11-5-7-13-23(21)24/h4-7,10-13,18-19,24-25H,2-3,8-9,14-17H2,1H3,(H,29,31)(H,30,34)(H,32,33). The molecule has 2 amide bonds. The first-order chi connectivity index (χ1) is 16.9. The third-order valence-electron chi connectivity index (χ3n) is 7.19. The maximum absolute atomic E-state index is 12.8. The summed E-state index contributed by atoms with van der Waals surface area (Å²) < 4.78 is 5.71. The van der Waals surface area contributed by atoms with Crippen molar-refractivity contribution in [3.63, 3.8) is 0 Å². The van der Waals surface area contributed by atoms with Crippen LogP contribution in [0.15, 0.2) is 48.5 Å². The van der Waals surface area contributed by atoms with E-state index in [1.54, 1.807) is 6.92 Å². The lowest BCUT2D eigenvalue weighted by Crippen LogP contribution is -2.44. The highest BCUT2D eigenvalue weighted by Gasteiger charge is 2.31. The zero-order chi connectivity index (χ0) is 24.8. The van der Waals surface area contributed by atoms with Crippen LogP contribution in [0.2, 0.25) is 0 Å². The number of hydrogen-bond donors (Lipinski definition) is 3. The summed E-state index contributed by atoms with van der Waals surface area (Å²) in [5, 5.41) is 14.7. The number of ether oxygens (including phenoxy) is 1. The number of nitrogens with one attached hydrogen (secondary N) is 2. The molecule has 0 saturated heterocycles. The number of fused-ring (bicyclic) bond motifs is 3. The Morgan fingerprint density at radius 2 is 1.57 bits per heavy atom. The average Bonchev–Trinajstić information content (AvgIpc) is 3.48. The number of rotatable bonds is 10. The first-order valence-corrected chi connectivity index (χ1v) is 12.5. The normalized spacial score (nSPS) is 16.7. The van der Waals surface area contributed by atoms with Gasteiger partial charge >= 0.3 is 12.1 Å². The number of benzene rings is 2. The molecule has 2 atom stereocenters. The molecule has 2 aromatic carbocycles. The Balaban J connectivity index is 1.35. The van der Waals surface area contributed by atoms with Crippen molar-refractivity contribution in [1.29, 1.82) is 0 Å². The van der Waals surface area contributed by atoms with Gasteiger partial charge in [-0.1, -0.05) is 68.3 Å². The van der Waals surface area contributed by atoms with Gasteiger partial charge in [0.25, 0.3) is 0 Å². The third kappa shape index (κ3) is 6.21. The zero-order valence-electron chi connectivity index (χ0n) is 20.2. The van der Waals surface area contributed by atoms with E-state index in [1.165, 1.54) is 11.1 Å². The number of aliphatic carboxylic acids is 1. The molecule has 0 aliphatic heterocycles. The van der Waals surface area contributed by atoms with Gasteiger partial charge in [0.05, 0.1) is 0 Å². The van der Waals surface area contributed by atoms with E-state index in [-0.39, 0.29) is 49.2 Å². The van der Waals surface area contributed by atoms with Gasteiger partial charge < -0.3 is 20.5 Å². The van der Waals surface area contributed by atoms with Crippen molar-refractivity contribution < 1.29 is 24.2 Å². The highest BCUT2D eigenvalue weighted by Crippen LogP contribution is 2.44. The Kier molecular flexibility index (Phi) is 8.06. The van der Waals surface area contributed by atoms with Gasteiger partial charge in [0.1, 0.15) is 6.61 Å². The summed E-state index contributed by atoms with van der Waals surface area (Å²) in [6.07, 6.45) is 3.78. The number of carboxylic acids is 1. The van der Waals surface area contributed by atoms with Crippen molar-refractivity contribution >= 4 is 18.0 Å². The Hall–Kier alpha value is -3.35. The number of amides is 2. The van der Waals surface area contributed by atoms with E-state index in [0.29, 0.717) is 6.54 Å². The smallest absolute Gasteiger partial charge is 0.407 e. The van der Waals surface area contributed by atoms with Crippen LogP contribution >= 0.6 is 0 Å². The first kappa shape index (κ1) is 24.8. The zero-order valence-corrected chi connectivity index (χ0v) is 20.2. The summed E-state index contributed by atoms with van der Waals surface area (Å²) in [7, 11) is 0. The van der Waals surface area contributed by atoms with Crippen molar-refractivity contribution in [1.82, 2.24) is 10.6 Å². The topological polar surface area (TPSA) is 105 Å². The average molecular weight is 479 g/mol. The van der Waals surface area contributed by atoms with Crippen molar-refractivity contribution in [2.75, 3.05) is 13.2 Å². The lowest BCUT2D eigenvalue weighted by atomic mass is 9.95. The molecular weight excluding hydrogens is 444 g/mol. The number of carbonyl (C=O) groups is 3. The van der Waals surface area contributed by atoms with Crippen molar-refractivity contribution in [3.05, 3.63) is 59.7 Å². The van der Waals surface area contributed by atoms with Gasteiger partial charge in [0, 0.05) is 31.3 Å². The number of carbonyl (C=O) groups excluding carboxylic acids is 2. The first-order valence-electron chi connectivity index (χ1n) is 12.5. The van der Waals surface area contributed by atoms with E-state index in [9.17, 15) is 14.4 Å². The van der Waals surface area contributed by atoms with Crippen molar-refractivity contribution in [3.8, 4) is 11.1 Å². The largest absolute Gasteiger partial charge is 0.481 e. The van der Waals surface area contributed by atoms with E-state index in [1.807, 2.05) is 24.3 Å². The molecule has 1 fully saturated rings. The van der Waals surface area contributed by atoms with Gasteiger partial charge in [-0.2, -0.15) is 0 Å². The molecule has 186 valence electrons. The maximum atomic E-state index is 12.8. The van der Waals surface area contributed by atoms with Crippen LogP contribution in [-0.4, -0.2) is 42.3 Å². The lowest BCUT2D eigenvalue weighted by Gasteiger charge is -2.25. The van der Waals surface area contributed by atoms with Crippen LogP contribution < -0.4 is 10.6 Å². The summed E-state index contributed by atoms with van der Waals surface area (Å²) >= 11 is 0. The molecule has 3 N–H and O–H groups in total. The molecule has 0 aromatic heterocycles. The minimum Gasteiger partial charge on any atom is -0.481 e. The molecule has 0 radical (unpaired) electrons. The van der Waals surface area contributed by atoms with Crippen LogP contribution in [0.3, 0.4) is 0 Å². The van der Waals surface area contributed by atoms with Crippen LogP contribution in [0.5, 0.6) is 0 Å². The van der Waals surface area contributed by atoms with Crippen LogP contribution in [0.25, 0.3) is 11.1 Å². The molecule has 7 nitrogen and oxygen atoms in total. The molecule has 0 spiro atoms. The van der Waals surface area contributed by atoms with E-state index >= 15 is 0 Å². The molecule has 2 aromatic rings. The number of hydrogen-bond acceptors (Lipinski definition) is 4. The number of alkyl carbamates (subject to hydrolysis) is 1. The van der Waals surface area contributed by atoms with E-state index in [0.717, 1.165) is 36.8 Å². The van der Waals surface area contributed by atoms with Crippen LogP contribution in [0.1, 0.15) is 62.5 Å². The molecule has 2 aliphatic carbocycles. The van der Waals surface area contributed by atoms with Gasteiger partial charge in [-0.3, -0.25) is 9.59 Å². The fourth-order valence-electron chi connectivity index (χ4n) is 5.42. The number of carboxylic acid groups (broad SMARTS) is 1. The monoisotopic (exact) mass is 478 g/mol. The Morgan fingerprint density at radius 3 is 2.17 bits per heavy atom. The summed E-state index contributed by atoms with van der Waals surface area (Å²) in [4.78, 5) is 36.2. The highest BCUT2D eigenvalue weighted by atomic mass is 16.5. The molecule has 0 bridgehead atoms. The van der Waals surface area contributed by atoms with Crippen LogP contribution in [-0.2, 0) is 14.3 Å². The molecule has 2 aliphatic rings. The molecule has 35 heavy (non-hydrogen) atoms. The van der Waals surface area contributed by atoms with Gasteiger partial charge in [0.2, 0.25) is 5.91 Å². The molecule has 1 saturated carbocycles. The second kappa shape index (κ2) is 11.4. The van der Waals surface area contributed by atoms with Crippen LogP contribution in [0, 0.1) is 11.8 Å². The summed E-state index contributed by atoms with van der Waals surface area (Å²) in [6.45, 7) is 2.32. The minimum absolute atomic E-state index is 0.00430. The quantitative estimate of drug-likeness (QED) is 0.459.